The Hall–Kier alpha value is -2.09. The van der Waals surface area contributed by atoms with E-state index in [9.17, 15) is 4.79 Å². The molecule has 0 atom stereocenters. The normalized spacial score (nSPS) is 14.3. The summed E-state index contributed by atoms with van der Waals surface area (Å²) in [5.41, 5.74) is 2.71. The van der Waals surface area contributed by atoms with E-state index in [1.807, 2.05) is 6.07 Å². The van der Waals surface area contributed by atoms with E-state index in [0.717, 1.165) is 16.0 Å². The van der Waals surface area contributed by atoms with Gasteiger partial charge in [-0.05, 0) is 29.8 Å². The lowest BCUT2D eigenvalue weighted by atomic mass is 10.00. The van der Waals surface area contributed by atoms with Crippen molar-refractivity contribution in [1.82, 2.24) is 0 Å². The number of rotatable bonds is 2. The minimum absolute atomic E-state index is 0.255. The molecule has 0 amide bonds. The van der Waals surface area contributed by atoms with Gasteiger partial charge in [0.2, 0.25) is 0 Å². The summed E-state index contributed by atoms with van der Waals surface area (Å²) in [6, 6.07) is 12.6. The van der Waals surface area contributed by atoms with E-state index in [1.54, 1.807) is 30.3 Å². The van der Waals surface area contributed by atoms with E-state index in [1.165, 1.54) is 11.3 Å². The molecular weight excluding hydrogens is 294 g/mol. The average Bonchev–Trinajstić information content (AvgIpc) is 3.05. The number of carbonyl (C=O) groups is 1. The maximum absolute atomic E-state index is 11.9. The molecule has 0 saturated heterocycles. The number of carbonyl (C=O) groups excluding carboxylic acids is 1. The monoisotopic (exact) mass is 301 g/mol. The standard InChI is InChI=1S/C15H8ClNO2S/c16-13-6-5-12(20-13)11-8-19-15(18)14(11)10-3-1-9(7-17)2-4-10/h1-6H,8H2. The van der Waals surface area contributed by atoms with Crippen molar-refractivity contribution < 1.29 is 9.53 Å². The van der Waals surface area contributed by atoms with Crippen molar-refractivity contribution in [3.8, 4) is 6.07 Å². The van der Waals surface area contributed by atoms with Gasteiger partial charge in [-0.1, -0.05) is 23.7 Å². The maximum atomic E-state index is 11.9. The summed E-state index contributed by atoms with van der Waals surface area (Å²) in [4.78, 5) is 12.9. The number of cyclic esters (lactones) is 1. The molecule has 3 nitrogen and oxygen atoms in total. The van der Waals surface area contributed by atoms with Crippen LogP contribution in [0.25, 0.3) is 11.1 Å². The Labute approximate surface area is 124 Å². The van der Waals surface area contributed by atoms with E-state index < -0.39 is 0 Å². The van der Waals surface area contributed by atoms with Crippen molar-refractivity contribution in [2.75, 3.05) is 6.61 Å². The van der Waals surface area contributed by atoms with Crippen LogP contribution in [0.2, 0.25) is 4.34 Å². The number of benzene rings is 1. The van der Waals surface area contributed by atoms with E-state index in [0.29, 0.717) is 15.5 Å². The number of thiophene rings is 1. The maximum Gasteiger partial charge on any atom is 0.339 e. The molecule has 0 unspecified atom stereocenters. The van der Waals surface area contributed by atoms with Crippen LogP contribution in [0.3, 0.4) is 0 Å². The fraction of sp³-hybridized carbons (Fsp3) is 0.0667. The van der Waals surface area contributed by atoms with Crippen LogP contribution in [0, 0.1) is 11.3 Å². The molecule has 0 aliphatic carbocycles. The number of hydrogen-bond acceptors (Lipinski definition) is 4. The van der Waals surface area contributed by atoms with Gasteiger partial charge in [0.25, 0.3) is 0 Å². The molecule has 2 heterocycles. The Morgan fingerprint density at radius 2 is 1.95 bits per heavy atom. The van der Waals surface area contributed by atoms with Crippen molar-refractivity contribution in [2.24, 2.45) is 0 Å². The van der Waals surface area contributed by atoms with Crippen molar-refractivity contribution in [3.05, 3.63) is 56.7 Å². The first-order valence-corrected chi connectivity index (χ1v) is 7.05. The molecule has 1 aromatic carbocycles. The lowest BCUT2D eigenvalue weighted by Gasteiger charge is -2.02. The highest BCUT2D eigenvalue weighted by atomic mass is 35.5. The summed E-state index contributed by atoms with van der Waals surface area (Å²) < 4.78 is 5.81. The van der Waals surface area contributed by atoms with Crippen molar-refractivity contribution >= 4 is 40.1 Å². The Kier molecular flexibility index (Phi) is 3.31. The van der Waals surface area contributed by atoms with Crippen LogP contribution >= 0.6 is 22.9 Å². The van der Waals surface area contributed by atoms with Crippen LogP contribution in [0.1, 0.15) is 16.0 Å². The fourth-order valence-corrected chi connectivity index (χ4v) is 3.16. The third kappa shape index (κ3) is 2.22. The summed E-state index contributed by atoms with van der Waals surface area (Å²) in [7, 11) is 0. The average molecular weight is 302 g/mol. The summed E-state index contributed by atoms with van der Waals surface area (Å²) in [6.07, 6.45) is 0. The second-order valence-corrected chi connectivity index (χ2v) is 5.94. The van der Waals surface area contributed by atoms with Gasteiger partial charge in [0.05, 0.1) is 21.5 Å². The molecular formula is C15H8ClNO2S. The number of halogens is 1. The SMILES string of the molecule is N#Cc1ccc(C2=C(c3ccc(Cl)s3)COC2=O)cc1. The topological polar surface area (TPSA) is 50.1 Å². The number of esters is 1. The van der Waals surface area contributed by atoms with E-state index in [-0.39, 0.29) is 12.6 Å². The van der Waals surface area contributed by atoms with Crippen LogP contribution in [-0.4, -0.2) is 12.6 Å². The molecule has 0 fully saturated rings. The molecule has 0 spiro atoms. The molecule has 5 heteroatoms. The molecule has 2 aromatic rings. The molecule has 98 valence electrons. The predicted molar refractivity (Wildman–Crippen MR) is 78.3 cm³/mol. The predicted octanol–water partition coefficient (Wildman–Crippen LogP) is 3.74. The molecule has 1 aromatic heterocycles. The van der Waals surface area contributed by atoms with Crippen LogP contribution in [-0.2, 0) is 9.53 Å². The van der Waals surface area contributed by atoms with Gasteiger partial charge in [-0.15, -0.1) is 11.3 Å². The number of hydrogen-bond donors (Lipinski definition) is 0. The highest BCUT2D eigenvalue weighted by molar-refractivity contribution is 7.17. The lowest BCUT2D eigenvalue weighted by Crippen LogP contribution is -1.98. The van der Waals surface area contributed by atoms with Gasteiger partial charge in [0, 0.05) is 10.5 Å². The first-order chi connectivity index (χ1) is 9.69. The van der Waals surface area contributed by atoms with Gasteiger partial charge in [-0.25, -0.2) is 4.79 Å². The third-order valence-electron chi connectivity index (χ3n) is 3.03. The largest absolute Gasteiger partial charge is 0.457 e. The van der Waals surface area contributed by atoms with Crippen molar-refractivity contribution in [1.29, 1.82) is 5.26 Å². The molecule has 0 bridgehead atoms. The first kappa shape index (κ1) is 12.9. The Morgan fingerprint density at radius 1 is 1.20 bits per heavy atom. The smallest absolute Gasteiger partial charge is 0.339 e. The van der Waals surface area contributed by atoms with Gasteiger partial charge in [0.15, 0.2) is 0 Å². The first-order valence-electron chi connectivity index (χ1n) is 5.85. The highest BCUT2D eigenvalue weighted by Gasteiger charge is 2.27. The van der Waals surface area contributed by atoms with Crippen LogP contribution in [0.15, 0.2) is 36.4 Å². The molecule has 0 radical (unpaired) electrons. The Bertz CT molecular complexity index is 753. The molecule has 3 rings (SSSR count). The Morgan fingerprint density at radius 3 is 2.55 bits per heavy atom. The summed E-state index contributed by atoms with van der Waals surface area (Å²) in [6.45, 7) is 0.255. The van der Waals surface area contributed by atoms with Crippen LogP contribution in [0.4, 0.5) is 0 Å². The third-order valence-corrected chi connectivity index (χ3v) is 4.32. The number of nitriles is 1. The highest BCUT2D eigenvalue weighted by Crippen LogP contribution is 2.37. The van der Waals surface area contributed by atoms with Crippen LogP contribution in [0.5, 0.6) is 0 Å². The summed E-state index contributed by atoms with van der Waals surface area (Å²) in [5, 5.41) is 8.81. The second-order valence-electron chi connectivity index (χ2n) is 4.22. The van der Waals surface area contributed by atoms with Gasteiger partial charge in [-0.3, -0.25) is 0 Å². The zero-order valence-corrected chi connectivity index (χ0v) is 11.8. The summed E-state index contributed by atoms with van der Waals surface area (Å²) >= 11 is 7.36. The van der Waals surface area contributed by atoms with E-state index in [2.05, 4.69) is 6.07 Å². The van der Waals surface area contributed by atoms with Gasteiger partial charge in [0.1, 0.15) is 6.61 Å². The summed E-state index contributed by atoms with van der Waals surface area (Å²) in [5.74, 6) is -0.339. The fourth-order valence-electron chi connectivity index (χ4n) is 2.08. The second kappa shape index (κ2) is 5.12. The molecule has 20 heavy (non-hydrogen) atoms. The molecule has 0 N–H and O–H groups in total. The lowest BCUT2D eigenvalue weighted by molar-refractivity contribution is -0.133. The van der Waals surface area contributed by atoms with Gasteiger partial charge in [-0.2, -0.15) is 5.26 Å². The van der Waals surface area contributed by atoms with Crippen molar-refractivity contribution in [2.45, 2.75) is 0 Å². The molecule has 1 aliphatic rings. The minimum atomic E-state index is -0.339. The Balaban J connectivity index is 2.11. The number of nitrogens with zero attached hydrogens (tertiary/aromatic N) is 1. The molecule has 0 saturated carbocycles. The van der Waals surface area contributed by atoms with E-state index >= 15 is 0 Å². The number of ether oxygens (including phenoxy) is 1. The van der Waals surface area contributed by atoms with Gasteiger partial charge >= 0.3 is 5.97 Å². The zero-order valence-electron chi connectivity index (χ0n) is 10.2. The minimum Gasteiger partial charge on any atom is -0.457 e. The van der Waals surface area contributed by atoms with Gasteiger partial charge < -0.3 is 4.74 Å². The quantitative estimate of drug-likeness (QED) is 0.794. The van der Waals surface area contributed by atoms with E-state index in [4.69, 9.17) is 21.6 Å². The zero-order chi connectivity index (χ0) is 14.1. The van der Waals surface area contributed by atoms with Crippen molar-refractivity contribution in [3.63, 3.8) is 0 Å². The van der Waals surface area contributed by atoms with Crippen LogP contribution < -0.4 is 0 Å². The molecule has 1 aliphatic heterocycles.